The first-order valence-corrected chi connectivity index (χ1v) is 10.3. The Hall–Kier alpha value is -3.06. The van der Waals surface area contributed by atoms with Crippen LogP contribution in [-0.4, -0.2) is 53.5 Å². The molecule has 158 valence electrons. The molecule has 1 N–H and O–H groups in total. The molecule has 0 saturated carbocycles. The minimum Gasteiger partial charge on any atom is -0.497 e. The first-order chi connectivity index (χ1) is 14.7. The zero-order valence-corrected chi connectivity index (χ0v) is 17.5. The van der Waals surface area contributed by atoms with Crippen molar-refractivity contribution in [2.45, 2.75) is 25.2 Å². The fourth-order valence-electron chi connectivity index (χ4n) is 3.98. The second-order valence-corrected chi connectivity index (χ2v) is 7.66. The third kappa shape index (κ3) is 4.57. The highest BCUT2D eigenvalue weighted by Gasteiger charge is 2.24. The first kappa shape index (κ1) is 20.2. The monoisotopic (exact) mass is 408 g/mol. The highest BCUT2D eigenvalue weighted by atomic mass is 16.5. The molecule has 1 aliphatic rings. The molecule has 2 heterocycles. The van der Waals surface area contributed by atoms with Crippen molar-refractivity contribution in [1.29, 1.82) is 0 Å². The minimum absolute atomic E-state index is 0.203. The molecule has 7 heteroatoms. The van der Waals surface area contributed by atoms with Gasteiger partial charge in [0.1, 0.15) is 17.3 Å². The molecule has 1 fully saturated rings. The molecule has 0 unspecified atom stereocenters. The van der Waals surface area contributed by atoms with Crippen LogP contribution < -0.4 is 15.2 Å². The van der Waals surface area contributed by atoms with E-state index >= 15 is 0 Å². The standard InChI is InChI=1S/C23H28N4O3/c1-29-20-9-5-17(6-10-20)13-15-26-14-3-4-18(16-26)22-24-23(28)27(25-22)19-7-11-21(30-2)12-8-19/h5-12,18H,3-4,13-16H2,1-2H3,(H,24,25,28)/t18-/m0/s1. The lowest BCUT2D eigenvalue weighted by Gasteiger charge is -2.31. The Morgan fingerprint density at radius 1 is 1.03 bits per heavy atom. The van der Waals surface area contributed by atoms with Gasteiger partial charge in [-0.2, -0.15) is 4.68 Å². The molecule has 0 bridgehead atoms. The van der Waals surface area contributed by atoms with Crippen molar-refractivity contribution in [3.05, 3.63) is 70.4 Å². The van der Waals surface area contributed by atoms with Crippen molar-refractivity contribution in [3.63, 3.8) is 0 Å². The van der Waals surface area contributed by atoms with Gasteiger partial charge in [-0.25, -0.2) is 4.79 Å². The van der Waals surface area contributed by atoms with E-state index in [-0.39, 0.29) is 11.6 Å². The van der Waals surface area contributed by atoms with Crippen molar-refractivity contribution in [2.24, 2.45) is 0 Å². The lowest BCUT2D eigenvalue weighted by atomic mass is 9.97. The number of benzene rings is 2. The topological polar surface area (TPSA) is 72.4 Å². The molecule has 0 radical (unpaired) electrons. The van der Waals surface area contributed by atoms with Gasteiger partial charge in [0.2, 0.25) is 0 Å². The number of aromatic nitrogens is 3. The number of hydrogen-bond donors (Lipinski definition) is 1. The van der Waals surface area contributed by atoms with E-state index in [1.807, 2.05) is 36.4 Å². The third-order valence-corrected chi connectivity index (χ3v) is 5.72. The molecule has 7 nitrogen and oxygen atoms in total. The van der Waals surface area contributed by atoms with E-state index in [1.54, 1.807) is 14.2 Å². The van der Waals surface area contributed by atoms with Crippen molar-refractivity contribution in [1.82, 2.24) is 19.7 Å². The normalized spacial score (nSPS) is 17.1. The SMILES string of the molecule is COc1ccc(CCN2CCC[C@H](c3nn(-c4ccc(OC)cc4)c(=O)[nH]3)C2)cc1. The number of hydrogen-bond acceptors (Lipinski definition) is 5. The molecule has 0 spiro atoms. The quantitative estimate of drug-likeness (QED) is 0.651. The average Bonchev–Trinajstić information content (AvgIpc) is 3.20. The summed E-state index contributed by atoms with van der Waals surface area (Å²) in [7, 11) is 3.31. The number of likely N-dealkylation sites (tertiary alicyclic amines) is 1. The van der Waals surface area contributed by atoms with Crippen LogP contribution in [0.1, 0.15) is 30.1 Å². The van der Waals surface area contributed by atoms with Crippen molar-refractivity contribution in [2.75, 3.05) is 33.9 Å². The molecule has 1 saturated heterocycles. The number of rotatable bonds is 7. The third-order valence-electron chi connectivity index (χ3n) is 5.72. The maximum absolute atomic E-state index is 12.5. The Balaban J connectivity index is 1.40. The molecule has 2 aromatic carbocycles. The van der Waals surface area contributed by atoms with Gasteiger partial charge in [-0.3, -0.25) is 4.98 Å². The molecule has 1 atom stereocenters. The van der Waals surface area contributed by atoms with Gasteiger partial charge in [-0.05, 0) is 67.8 Å². The summed E-state index contributed by atoms with van der Waals surface area (Å²) in [5.41, 5.74) is 1.83. The number of ether oxygens (including phenoxy) is 2. The van der Waals surface area contributed by atoms with Gasteiger partial charge in [0.25, 0.3) is 0 Å². The van der Waals surface area contributed by atoms with Crippen LogP contribution in [0.15, 0.2) is 53.3 Å². The van der Waals surface area contributed by atoms with Gasteiger partial charge in [-0.15, -0.1) is 5.10 Å². The Morgan fingerprint density at radius 2 is 1.70 bits per heavy atom. The van der Waals surface area contributed by atoms with Crippen molar-refractivity contribution in [3.8, 4) is 17.2 Å². The predicted octanol–water partition coefficient (Wildman–Crippen LogP) is 3.00. The fraction of sp³-hybridized carbons (Fsp3) is 0.391. The van der Waals surface area contributed by atoms with Crippen LogP contribution in [0.25, 0.3) is 5.69 Å². The fourth-order valence-corrected chi connectivity index (χ4v) is 3.98. The number of methoxy groups -OCH3 is 2. The van der Waals surface area contributed by atoms with E-state index in [0.717, 1.165) is 61.9 Å². The van der Waals surface area contributed by atoms with Crippen molar-refractivity contribution >= 4 is 0 Å². The van der Waals surface area contributed by atoms with Crippen LogP contribution in [-0.2, 0) is 6.42 Å². The Morgan fingerprint density at radius 3 is 2.37 bits per heavy atom. The number of nitrogens with zero attached hydrogens (tertiary/aromatic N) is 3. The maximum Gasteiger partial charge on any atom is 0.348 e. The van der Waals surface area contributed by atoms with Crippen LogP contribution in [0.3, 0.4) is 0 Å². The van der Waals surface area contributed by atoms with Crippen LogP contribution in [0.5, 0.6) is 11.5 Å². The summed E-state index contributed by atoms with van der Waals surface area (Å²) in [6.45, 7) is 2.98. The molecule has 0 amide bonds. The van der Waals surface area contributed by atoms with E-state index in [4.69, 9.17) is 9.47 Å². The molecule has 1 aliphatic heterocycles. The van der Waals surface area contributed by atoms with Gasteiger partial charge in [0.15, 0.2) is 0 Å². The van der Waals surface area contributed by atoms with Crippen LogP contribution >= 0.6 is 0 Å². The zero-order valence-electron chi connectivity index (χ0n) is 17.5. The van der Waals surface area contributed by atoms with Gasteiger partial charge < -0.3 is 14.4 Å². The van der Waals surface area contributed by atoms with E-state index in [2.05, 4.69) is 27.1 Å². The minimum atomic E-state index is -0.203. The summed E-state index contributed by atoms with van der Waals surface area (Å²) in [4.78, 5) is 17.9. The van der Waals surface area contributed by atoms with Crippen LogP contribution in [0.2, 0.25) is 0 Å². The molecular weight excluding hydrogens is 380 g/mol. The summed E-state index contributed by atoms with van der Waals surface area (Å²) >= 11 is 0. The van der Waals surface area contributed by atoms with Crippen LogP contribution in [0.4, 0.5) is 0 Å². The van der Waals surface area contributed by atoms with Gasteiger partial charge in [0, 0.05) is 19.0 Å². The van der Waals surface area contributed by atoms with E-state index in [1.165, 1.54) is 10.2 Å². The Labute approximate surface area is 176 Å². The maximum atomic E-state index is 12.5. The van der Waals surface area contributed by atoms with Crippen LogP contribution in [0, 0.1) is 0 Å². The number of piperidine rings is 1. The lowest BCUT2D eigenvalue weighted by Crippen LogP contribution is -2.36. The summed E-state index contributed by atoms with van der Waals surface area (Å²) in [5, 5.41) is 4.60. The number of nitrogens with one attached hydrogen (secondary N) is 1. The Kier molecular flexibility index (Phi) is 6.18. The van der Waals surface area contributed by atoms with Gasteiger partial charge >= 0.3 is 5.69 Å². The largest absolute Gasteiger partial charge is 0.497 e. The summed E-state index contributed by atoms with van der Waals surface area (Å²) in [6, 6.07) is 15.6. The number of H-pyrrole nitrogens is 1. The summed E-state index contributed by atoms with van der Waals surface area (Å²) in [5.74, 6) is 2.64. The van der Waals surface area contributed by atoms with E-state index in [0.29, 0.717) is 0 Å². The second kappa shape index (κ2) is 9.17. The van der Waals surface area contributed by atoms with Gasteiger partial charge in [-0.1, -0.05) is 12.1 Å². The zero-order chi connectivity index (χ0) is 20.9. The molecular formula is C23H28N4O3. The lowest BCUT2D eigenvalue weighted by molar-refractivity contribution is 0.206. The van der Waals surface area contributed by atoms with Crippen molar-refractivity contribution < 1.29 is 9.47 Å². The molecule has 1 aromatic heterocycles. The molecule has 30 heavy (non-hydrogen) atoms. The highest BCUT2D eigenvalue weighted by molar-refractivity contribution is 5.36. The molecule has 3 aromatic rings. The summed E-state index contributed by atoms with van der Waals surface area (Å²) < 4.78 is 11.8. The average molecular weight is 409 g/mol. The smallest absolute Gasteiger partial charge is 0.348 e. The Bertz CT molecular complexity index is 1010. The highest BCUT2D eigenvalue weighted by Crippen LogP contribution is 2.24. The molecule has 4 rings (SSSR count). The summed E-state index contributed by atoms with van der Waals surface area (Å²) in [6.07, 6.45) is 3.13. The van der Waals surface area contributed by atoms with E-state index in [9.17, 15) is 4.79 Å². The number of aromatic amines is 1. The predicted molar refractivity (Wildman–Crippen MR) is 116 cm³/mol. The first-order valence-electron chi connectivity index (χ1n) is 10.3. The second-order valence-electron chi connectivity index (χ2n) is 7.66. The van der Waals surface area contributed by atoms with E-state index < -0.39 is 0 Å². The van der Waals surface area contributed by atoms with Gasteiger partial charge in [0.05, 0.1) is 19.9 Å². The molecule has 0 aliphatic carbocycles.